The third kappa shape index (κ3) is 5.18. The van der Waals surface area contributed by atoms with Gasteiger partial charge in [-0.15, -0.1) is 0 Å². The normalized spacial score (nSPS) is 17.7. The predicted octanol–water partition coefficient (Wildman–Crippen LogP) is 3.26. The summed E-state index contributed by atoms with van der Waals surface area (Å²) in [4.78, 5) is 34.0. The Morgan fingerprint density at radius 3 is 2.47 bits per heavy atom. The number of hydrogen-bond acceptors (Lipinski definition) is 7. The molecule has 1 fully saturated rings. The van der Waals surface area contributed by atoms with E-state index in [2.05, 4.69) is 20.1 Å². The molecule has 1 saturated heterocycles. The van der Waals surface area contributed by atoms with Crippen LogP contribution in [0.25, 0.3) is 11.4 Å². The van der Waals surface area contributed by atoms with Gasteiger partial charge in [0, 0.05) is 44.6 Å². The number of piperazine rings is 1. The van der Waals surface area contributed by atoms with E-state index >= 15 is 0 Å². The molecule has 9 nitrogen and oxygen atoms in total. The SMILES string of the molecule is CC(c1nc(-c2ccccc2)no1)N1CCN(C(=O)C2=NN(Cc3ccc(F)cc3)C(=O)CC2)CC1. The van der Waals surface area contributed by atoms with Gasteiger partial charge in [0.1, 0.15) is 11.5 Å². The summed E-state index contributed by atoms with van der Waals surface area (Å²) in [7, 11) is 0. The van der Waals surface area contributed by atoms with Crippen molar-refractivity contribution in [1.82, 2.24) is 24.9 Å². The molecule has 0 saturated carbocycles. The molecule has 0 radical (unpaired) electrons. The standard InChI is InChI=1S/C26H27FN6O3/c1-18(25-28-24(30-36-25)20-5-3-2-4-6-20)31-13-15-32(16-14-31)26(35)22-11-12-23(34)33(29-22)17-19-7-9-21(27)10-8-19/h2-10,18H,11-17H2,1H3. The Morgan fingerprint density at radius 2 is 1.75 bits per heavy atom. The van der Waals surface area contributed by atoms with Gasteiger partial charge in [0.25, 0.3) is 5.91 Å². The minimum atomic E-state index is -0.340. The summed E-state index contributed by atoms with van der Waals surface area (Å²) in [5.41, 5.74) is 2.03. The number of carbonyl (C=O) groups excluding carboxylic acids is 2. The third-order valence-electron chi connectivity index (χ3n) is 6.58. The van der Waals surface area contributed by atoms with Gasteiger partial charge in [-0.1, -0.05) is 47.6 Å². The number of nitrogens with zero attached hydrogens (tertiary/aromatic N) is 6. The lowest BCUT2D eigenvalue weighted by Crippen LogP contribution is -2.51. The summed E-state index contributed by atoms with van der Waals surface area (Å²) in [6, 6.07) is 15.5. The van der Waals surface area contributed by atoms with E-state index in [9.17, 15) is 14.0 Å². The maximum Gasteiger partial charge on any atom is 0.270 e. The van der Waals surface area contributed by atoms with Crippen molar-refractivity contribution < 1.29 is 18.5 Å². The topological polar surface area (TPSA) is 95.1 Å². The molecule has 5 rings (SSSR count). The molecule has 0 aliphatic carbocycles. The van der Waals surface area contributed by atoms with Crippen LogP contribution in [0.4, 0.5) is 4.39 Å². The van der Waals surface area contributed by atoms with Gasteiger partial charge in [-0.05, 0) is 24.6 Å². The molecule has 3 aromatic rings. The molecule has 186 valence electrons. The van der Waals surface area contributed by atoms with Crippen molar-refractivity contribution in [3.63, 3.8) is 0 Å². The van der Waals surface area contributed by atoms with Gasteiger partial charge in [0.05, 0.1) is 12.6 Å². The number of aromatic nitrogens is 2. The molecule has 2 amide bonds. The van der Waals surface area contributed by atoms with E-state index in [1.807, 2.05) is 37.3 Å². The summed E-state index contributed by atoms with van der Waals surface area (Å²) in [5, 5.41) is 9.78. The first-order valence-electron chi connectivity index (χ1n) is 12.0. The van der Waals surface area contributed by atoms with Crippen LogP contribution in [0.3, 0.4) is 0 Å². The fourth-order valence-corrected chi connectivity index (χ4v) is 4.40. The van der Waals surface area contributed by atoms with Crippen molar-refractivity contribution in [2.24, 2.45) is 5.10 Å². The Balaban J connectivity index is 1.19. The highest BCUT2D eigenvalue weighted by Crippen LogP contribution is 2.24. The van der Waals surface area contributed by atoms with E-state index in [1.54, 1.807) is 17.0 Å². The van der Waals surface area contributed by atoms with Crippen LogP contribution in [0.15, 0.2) is 64.2 Å². The first-order chi connectivity index (χ1) is 17.5. The smallest absolute Gasteiger partial charge is 0.270 e. The molecule has 2 aliphatic rings. The second-order valence-corrected chi connectivity index (χ2v) is 8.95. The minimum Gasteiger partial charge on any atom is -0.337 e. The number of rotatable bonds is 6. The molecule has 2 aliphatic heterocycles. The highest BCUT2D eigenvalue weighted by molar-refractivity contribution is 6.39. The Hall–Kier alpha value is -3.92. The minimum absolute atomic E-state index is 0.0805. The highest BCUT2D eigenvalue weighted by atomic mass is 19.1. The Bertz CT molecular complexity index is 1250. The van der Waals surface area contributed by atoms with Gasteiger partial charge in [-0.25, -0.2) is 9.40 Å². The lowest BCUT2D eigenvalue weighted by atomic mass is 10.1. The maximum atomic E-state index is 13.2. The van der Waals surface area contributed by atoms with Crippen molar-refractivity contribution in [3.8, 4) is 11.4 Å². The van der Waals surface area contributed by atoms with E-state index < -0.39 is 0 Å². The fraction of sp³-hybridized carbons (Fsp3) is 0.346. The maximum absolute atomic E-state index is 13.2. The van der Waals surface area contributed by atoms with Crippen LogP contribution in [0.5, 0.6) is 0 Å². The lowest BCUT2D eigenvalue weighted by Gasteiger charge is -2.37. The second kappa shape index (κ2) is 10.4. The number of benzene rings is 2. The number of hydrazone groups is 1. The van der Waals surface area contributed by atoms with Gasteiger partial charge >= 0.3 is 0 Å². The number of carbonyl (C=O) groups is 2. The monoisotopic (exact) mass is 490 g/mol. The van der Waals surface area contributed by atoms with Crippen molar-refractivity contribution >= 4 is 17.5 Å². The van der Waals surface area contributed by atoms with Crippen molar-refractivity contribution in [1.29, 1.82) is 0 Å². The van der Waals surface area contributed by atoms with E-state index in [0.717, 1.165) is 11.1 Å². The molecule has 36 heavy (non-hydrogen) atoms. The summed E-state index contributed by atoms with van der Waals surface area (Å²) in [6.07, 6.45) is 0.544. The van der Waals surface area contributed by atoms with Crippen LogP contribution in [-0.2, 0) is 16.1 Å². The molecular weight excluding hydrogens is 463 g/mol. The van der Waals surface area contributed by atoms with Crippen LogP contribution < -0.4 is 0 Å². The predicted molar refractivity (Wildman–Crippen MR) is 130 cm³/mol. The zero-order chi connectivity index (χ0) is 25.1. The van der Waals surface area contributed by atoms with Gasteiger partial charge < -0.3 is 9.42 Å². The molecule has 1 aromatic heterocycles. The van der Waals surface area contributed by atoms with E-state index in [1.165, 1.54) is 17.1 Å². The molecule has 3 heterocycles. The van der Waals surface area contributed by atoms with E-state index in [4.69, 9.17) is 4.52 Å². The molecule has 0 bridgehead atoms. The Morgan fingerprint density at radius 1 is 1.03 bits per heavy atom. The average molecular weight is 491 g/mol. The molecule has 10 heteroatoms. The largest absolute Gasteiger partial charge is 0.337 e. The first-order valence-corrected chi connectivity index (χ1v) is 12.0. The fourth-order valence-electron chi connectivity index (χ4n) is 4.40. The molecule has 1 atom stereocenters. The van der Waals surface area contributed by atoms with Crippen LogP contribution in [0.1, 0.15) is 37.3 Å². The molecule has 2 aromatic carbocycles. The summed E-state index contributed by atoms with van der Waals surface area (Å²) in [6.45, 7) is 4.60. The highest BCUT2D eigenvalue weighted by Gasteiger charge is 2.32. The molecule has 0 spiro atoms. The van der Waals surface area contributed by atoms with E-state index in [0.29, 0.717) is 50.0 Å². The summed E-state index contributed by atoms with van der Waals surface area (Å²) >= 11 is 0. The average Bonchev–Trinajstić information content (AvgIpc) is 3.41. The van der Waals surface area contributed by atoms with Crippen LogP contribution in [0.2, 0.25) is 0 Å². The number of halogens is 1. The van der Waals surface area contributed by atoms with Gasteiger partial charge in [0.2, 0.25) is 17.6 Å². The zero-order valence-electron chi connectivity index (χ0n) is 20.0. The third-order valence-corrected chi connectivity index (χ3v) is 6.58. The molecule has 1 unspecified atom stereocenters. The molecule has 0 N–H and O–H groups in total. The lowest BCUT2D eigenvalue weighted by molar-refractivity contribution is -0.132. The first kappa shape index (κ1) is 23.8. The van der Waals surface area contributed by atoms with Gasteiger partial charge in [0.15, 0.2) is 0 Å². The van der Waals surface area contributed by atoms with E-state index in [-0.39, 0.29) is 36.6 Å². The van der Waals surface area contributed by atoms with Crippen molar-refractivity contribution in [2.45, 2.75) is 32.4 Å². The van der Waals surface area contributed by atoms with Gasteiger partial charge in [-0.3, -0.25) is 14.5 Å². The summed E-state index contributed by atoms with van der Waals surface area (Å²) < 4.78 is 18.7. The number of hydrogen-bond donors (Lipinski definition) is 0. The van der Waals surface area contributed by atoms with Crippen LogP contribution >= 0.6 is 0 Å². The van der Waals surface area contributed by atoms with Crippen molar-refractivity contribution in [3.05, 3.63) is 71.9 Å². The van der Waals surface area contributed by atoms with Crippen molar-refractivity contribution in [2.75, 3.05) is 26.2 Å². The zero-order valence-corrected chi connectivity index (χ0v) is 20.0. The van der Waals surface area contributed by atoms with Gasteiger partial charge in [-0.2, -0.15) is 10.1 Å². The second-order valence-electron chi connectivity index (χ2n) is 8.95. The quantitative estimate of drug-likeness (QED) is 0.527. The summed E-state index contributed by atoms with van der Waals surface area (Å²) in [5.74, 6) is 0.459. The number of amides is 2. The van der Waals surface area contributed by atoms with Crippen LogP contribution in [-0.4, -0.2) is 68.7 Å². The van der Waals surface area contributed by atoms with Crippen LogP contribution in [0, 0.1) is 5.82 Å². The Kier molecular flexibility index (Phi) is 6.86. The Labute approximate surface area is 208 Å². The molecular formula is C26H27FN6O3.